The molecule has 0 heterocycles. The predicted molar refractivity (Wildman–Crippen MR) is 99.5 cm³/mol. The van der Waals surface area contributed by atoms with E-state index in [-0.39, 0.29) is 46.7 Å². The molecule has 0 aromatic heterocycles. The molecule has 2 N–H and O–H groups in total. The molecule has 0 bridgehead atoms. The summed E-state index contributed by atoms with van der Waals surface area (Å²) in [5.74, 6) is -0.959. The van der Waals surface area contributed by atoms with E-state index in [1.54, 1.807) is 6.92 Å². The lowest BCUT2D eigenvalue weighted by atomic mass is 10.1. The number of carbonyl (C=O) groups is 1. The van der Waals surface area contributed by atoms with Gasteiger partial charge < -0.3 is 19.9 Å². The van der Waals surface area contributed by atoms with Crippen LogP contribution in [0, 0.1) is 0 Å². The van der Waals surface area contributed by atoms with Crippen LogP contribution < -0.4 is 14.8 Å². The highest BCUT2D eigenvalue weighted by atomic mass is 35.5. The number of aromatic hydroxyl groups is 1. The van der Waals surface area contributed by atoms with Gasteiger partial charge in [0.1, 0.15) is 5.75 Å². The number of amides is 1. The largest absolute Gasteiger partial charge is 0.503 e. The molecule has 0 aliphatic carbocycles. The van der Waals surface area contributed by atoms with Crippen molar-refractivity contribution in [3.63, 3.8) is 0 Å². The van der Waals surface area contributed by atoms with E-state index in [4.69, 9.17) is 21.1 Å². The number of ether oxygens (including phenoxy) is 2. The molecule has 5 nitrogen and oxygen atoms in total. The van der Waals surface area contributed by atoms with Crippen molar-refractivity contribution in [2.75, 3.05) is 18.5 Å². The number of phenolic OH excluding ortho intramolecular Hbond substituents is 1. The van der Waals surface area contributed by atoms with Crippen molar-refractivity contribution >= 4 is 23.2 Å². The Balaban J connectivity index is 2.38. The molecule has 0 aliphatic rings. The van der Waals surface area contributed by atoms with Crippen LogP contribution in [0.4, 0.5) is 18.9 Å². The van der Waals surface area contributed by atoms with Gasteiger partial charge >= 0.3 is 6.18 Å². The highest BCUT2D eigenvalue weighted by Gasteiger charge is 2.31. The summed E-state index contributed by atoms with van der Waals surface area (Å²) in [7, 11) is 0. The SMILES string of the molecule is CCCOc1ccc(C(F)(F)F)cc1NC(=O)c1cc(Cl)c(O)c(OCC)c1. The molecule has 2 aromatic carbocycles. The predicted octanol–water partition coefficient (Wildman–Crippen LogP) is 5.50. The summed E-state index contributed by atoms with van der Waals surface area (Å²) in [4.78, 5) is 12.6. The van der Waals surface area contributed by atoms with Crippen LogP contribution in [0.15, 0.2) is 30.3 Å². The third kappa shape index (κ3) is 5.22. The van der Waals surface area contributed by atoms with Crippen molar-refractivity contribution in [3.05, 3.63) is 46.5 Å². The number of alkyl halides is 3. The zero-order valence-corrected chi connectivity index (χ0v) is 15.9. The fraction of sp³-hybridized carbons (Fsp3) is 0.316. The van der Waals surface area contributed by atoms with Crippen molar-refractivity contribution < 1.29 is 32.5 Å². The van der Waals surface area contributed by atoms with E-state index in [9.17, 15) is 23.1 Å². The first-order chi connectivity index (χ1) is 13.2. The van der Waals surface area contributed by atoms with Gasteiger partial charge in [0.25, 0.3) is 5.91 Å². The summed E-state index contributed by atoms with van der Waals surface area (Å²) in [5, 5.41) is 12.1. The Morgan fingerprint density at radius 1 is 1.14 bits per heavy atom. The van der Waals surface area contributed by atoms with Crippen molar-refractivity contribution in [2.45, 2.75) is 26.4 Å². The molecule has 28 heavy (non-hydrogen) atoms. The van der Waals surface area contributed by atoms with Crippen LogP contribution >= 0.6 is 11.6 Å². The maximum Gasteiger partial charge on any atom is 0.416 e. The quantitative estimate of drug-likeness (QED) is 0.623. The number of hydrogen-bond acceptors (Lipinski definition) is 4. The summed E-state index contributed by atoms with van der Waals surface area (Å²) >= 11 is 5.90. The lowest BCUT2D eigenvalue weighted by Crippen LogP contribution is -2.15. The first kappa shape index (κ1) is 21.7. The number of hydrogen-bond donors (Lipinski definition) is 2. The molecule has 0 unspecified atom stereocenters. The van der Waals surface area contributed by atoms with Gasteiger partial charge in [-0.25, -0.2) is 0 Å². The Kier molecular flexibility index (Phi) is 7.01. The van der Waals surface area contributed by atoms with Crippen LogP contribution in [0.5, 0.6) is 17.2 Å². The number of phenols is 1. The average Bonchev–Trinajstić information content (AvgIpc) is 2.63. The first-order valence-corrected chi connectivity index (χ1v) is 8.85. The van der Waals surface area contributed by atoms with Crippen molar-refractivity contribution in [1.29, 1.82) is 0 Å². The molecule has 2 rings (SSSR count). The summed E-state index contributed by atoms with van der Waals surface area (Å²) in [6, 6.07) is 5.28. The van der Waals surface area contributed by atoms with Gasteiger partial charge in [0.2, 0.25) is 0 Å². The first-order valence-electron chi connectivity index (χ1n) is 8.48. The summed E-state index contributed by atoms with van der Waals surface area (Å²) in [6.07, 6.45) is -3.94. The van der Waals surface area contributed by atoms with E-state index in [0.29, 0.717) is 6.42 Å². The van der Waals surface area contributed by atoms with Gasteiger partial charge in [0, 0.05) is 5.56 Å². The zero-order chi connectivity index (χ0) is 20.9. The standard InChI is InChI=1S/C19H19ClF3NO4/c1-3-7-28-15-6-5-12(19(21,22)23)10-14(15)24-18(26)11-8-13(20)17(25)16(9-11)27-4-2/h5-6,8-10,25H,3-4,7H2,1-2H3,(H,24,26). The molecule has 0 aliphatic heterocycles. The second kappa shape index (κ2) is 9.05. The lowest BCUT2D eigenvalue weighted by Gasteiger charge is -2.16. The average molecular weight is 418 g/mol. The number of benzene rings is 2. The molecule has 2 aromatic rings. The van der Waals surface area contributed by atoms with E-state index >= 15 is 0 Å². The minimum atomic E-state index is -4.58. The monoisotopic (exact) mass is 417 g/mol. The van der Waals surface area contributed by atoms with Crippen LogP contribution in [-0.2, 0) is 6.18 Å². The second-order valence-electron chi connectivity index (χ2n) is 5.75. The smallest absolute Gasteiger partial charge is 0.416 e. The number of halogens is 4. The normalized spacial score (nSPS) is 11.2. The zero-order valence-electron chi connectivity index (χ0n) is 15.2. The highest BCUT2D eigenvalue weighted by Crippen LogP contribution is 2.37. The lowest BCUT2D eigenvalue weighted by molar-refractivity contribution is -0.137. The van der Waals surface area contributed by atoms with E-state index in [0.717, 1.165) is 18.2 Å². The van der Waals surface area contributed by atoms with Crippen molar-refractivity contribution in [3.8, 4) is 17.2 Å². The van der Waals surface area contributed by atoms with Crippen LogP contribution in [0.3, 0.4) is 0 Å². The van der Waals surface area contributed by atoms with Gasteiger partial charge in [-0.05, 0) is 43.7 Å². The van der Waals surface area contributed by atoms with Crippen LogP contribution in [0.25, 0.3) is 0 Å². The molecular weight excluding hydrogens is 399 g/mol. The number of anilines is 1. The Bertz CT molecular complexity index is 856. The van der Waals surface area contributed by atoms with Gasteiger partial charge in [-0.2, -0.15) is 13.2 Å². The van der Waals surface area contributed by atoms with Gasteiger partial charge in [0.15, 0.2) is 11.5 Å². The van der Waals surface area contributed by atoms with Crippen molar-refractivity contribution in [2.24, 2.45) is 0 Å². The van der Waals surface area contributed by atoms with E-state index < -0.39 is 17.6 Å². The van der Waals surface area contributed by atoms with E-state index in [1.165, 1.54) is 12.1 Å². The molecule has 0 saturated carbocycles. The molecule has 0 fully saturated rings. The number of carbonyl (C=O) groups excluding carboxylic acids is 1. The molecule has 0 radical (unpaired) electrons. The molecule has 0 saturated heterocycles. The minimum absolute atomic E-state index is 0.00473. The topological polar surface area (TPSA) is 67.8 Å². The summed E-state index contributed by atoms with van der Waals surface area (Å²) in [6.45, 7) is 4.02. The third-order valence-electron chi connectivity index (χ3n) is 3.61. The third-order valence-corrected chi connectivity index (χ3v) is 3.90. The van der Waals surface area contributed by atoms with Crippen molar-refractivity contribution in [1.82, 2.24) is 0 Å². The van der Waals surface area contributed by atoms with E-state index in [1.807, 2.05) is 6.92 Å². The molecular formula is C19H19ClF3NO4. The summed E-state index contributed by atoms with van der Waals surface area (Å²) in [5.41, 5.74) is -1.05. The highest BCUT2D eigenvalue weighted by molar-refractivity contribution is 6.32. The van der Waals surface area contributed by atoms with Gasteiger partial charge in [0.05, 0.1) is 29.5 Å². The van der Waals surface area contributed by atoms with Gasteiger partial charge in [-0.15, -0.1) is 0 Å². The van der Waals surface area contributed by atoms with Crippen LogP contribution in [0.1, 0.15) is 36.2 Å². The van der Waals surface area contributed by atoms with Gasteiger partial charge in [-0.3, -0.25) is 4.79 Å². The maximum absolute atomic E-state index is 13.0. The fourth-order valence-electron chi connectivity index (χ4n) is 2.31. The maximum atomic E-state index is 13.0. The summed E-state index contributed by atoms with van der Waals surface area (Å²) < 4.78 is 49.7. The Labute approximate surface area is 165 Å². The Morgan fingerprint density at radius 2 is 1.86 bits per heavy atom. The fourth-order valence-corrected chi connectivity index (χ4v) is 2.52. The number of rotatable bonds is 7. The molecule has 9 heteroatoms. The molecule has 0 atom stereocenters. The Morgan fingerprint density at radius 3 is 2.46 bits per heavy atom. The van der Waals surface area contributed by atoms with Gasteiger partial charge in [-0.1, -0.05) is 18.5 Å². The van der Waals surface area contributed by atoms with E-state index in [2.05, 4.69) is 5.32 Å². The molecule has 0 spiro atoms. The minimum Gasteiger partial charge on any atom is -0.503 e. The number of nitrogens with one attached hydrogen (secondary N) is 1. The molecule has 152 valence electrons. The molecule has 1 amide bonds. The second-order valence-corrected chi connectivity index (χ2v) is 6.16. The van der Waals surface area contributed by atoms with Crippen LogP contribution in [0.2, 0.25) is 5.02 Å². The Hall–Kier alpha value is -2.61. The van der Waals surface area contributed by atoms with Crippen LogP contribution in [-0.4, -0.2) is 24.2 Å².